The zero-order valence-electron chi connectivity index (χ0n) is 13.6. The molecule has 6 nitrogen and oxygen atoms in total. The molecule has 0 radical (unpaired) electrons. The van der Waals surface area contributed by atoms with E-state index in [1.54, 1.807) is 0 Å². The summed E-state index contributed by atoms with van der Waals surface area (Å²) in [6, 6.07) is 7.55. The maximum Gasteiger partial charge on any atom is 0.310 e. The van der Waals surface area contributed by atoms with Crippen molar-refractivity contribution < 1.29 is 19.1 Å². The molecule has 1 aliphatic carbocycles. The van der Waals surface area contributed by atoms with Crippen molar-refractivity contribution in [3.05, 3.63) is 29.8 Å². The van der Waals surface area contributed by atoms with Crippen LogP contribution in [0.15, 0.2) is 24.3 Å². The van der Waals surface area contributed by atoms with Crippen molar-refractivity contribution in [1.82, 2.24) is 5.32 Å². The lowest BCUT2D eigenvalue weighted by atomic mass is 9.99. The molecule has 0 aromatic heterocycles. The Morgan fingerprint density at radius 3 is 2.48 bits per heavy atom. The van der Waals surface area contributed by atoms with Gasteiger partial charge in [-0.15, -0.1) is 0 Å². The number of carbonyl (C=O) groups is 2. The van der Waals surface area contributed by atoms with E-state index in [9.17, 15) is 9.59 Å². The molecule has 1 aliphatic rings. The number of rotatable bonds is 8. The third-order valence-corrected chi connectivity index (χ3v) is 4.00. The fourth-order valence-corrected chi connectivity index (χ4v) is 2.33. The molecule has 1 atom stereocenters. The highest BCUT2D eigenvalue weighted by Crippen LogP contribution is 2.32. The van der Waals surface area contributed by atoms with E-state index in [0.717, 1.165) is 11.3 Å². The van der Waals surface area contributed by atoms with E-state index in [4.69, 9.17) is 15.2 Å². The molecule has 1 unspecified atom stereocenters. The molecule has 0 saturated heterocycles. The Hall–Kier alpha value is -2.08. The molecular weight excluding hydrogens is 296 g/mol. The van der Waals surface area contributed by atoms with Crippen molar-refractivity contribution in [2.45, 2.75) is 31.7 Å². The van der Waals surface area contributed by atoms with Gasteiger partial charge in [0.15, 0.2) is 0 Å². The third-order valence-electron chi connectivity index (χ3n) is 4.00. The maximum absolute atomic E-state index is 11.9. The Kier molecular flexibility index (Phi) is 5.60. The quantitative estimate of drug-likeness (QED) is 0.698. The van der Waals surface area contributed by atoms with Crippen molar-refractivity contribution in [3.63, 3.8) is 0 Å². The molecule has 3 N–H and O–H groups in total. The smallest absolute Gasteiger partial charge is 0.310 e. The molecule has 23 heavy (non-hydrogen) atoms. The highest BCUT2D eigenvalue weighted by Gasteiger charge is 2.46. The largest absolute Gasteiger partial charge is 0.494 e. The van der Waals surface area contributed by atoms with Gasteiger partial charge in [-0.2, -0.15) is 0 Å². The van der Waals surface area contributed by atoms with Gasteiger partial charge in [0.2, 0.25) is 5.91 Å². The van der Waals surface area contributed by atoms with E-state index in [1.165, 1.54) is 7.11 Å². The first-order valence-corrected chi connectivity index (χ1v) is 7.85. The van der Waals surface area contributed by atoms with Gasteiger partial charge in [0, 0.05) is 6.54 Å². The molecular formula is C17H24N2O4. The van der Waals surface area contributed by atoms with Gasteiger partial charge in [0.1, 0.15) is 5.75 Å². The zero-order chi connectivity index (χ0) is 16.9. The summed E-state index contributed by atoms with van der Waals surface area (Å²) in [5.41, 5.74) is 6.08. The van der Waals surface area contributed by atoms with Crippen LogP contribution in [0.5, 0.6) is 5.75 Å². The maximum atomic E-state index is 11.9. The summed E-state index contributed by atoms with van der Waals surface area (Å²) in [5.74, 6) is -0.193. The molecule has 0 aliphatic heterocycles. The number of ether oxygens (including phenoxy) is 2. The second-order valence-electron chi connectivity index (χ2n) is 5.87. The van der Waals surface area contributed by atoms with Gasteiger partial charge >= 0.3 is 5.97 Å². The number of amides is 1. The van der Waals surface area contributed by atoms with E-state index in [1.807, 2.05) is 31.2 Å². The number of nitrogens with one attached hydrogen (secondary N) is 1. The molecule has 0 spiro atoms. The number of esters is 1. The summed E-state index contributed by atoms with van der Waals surface area (Å²) >= 11 is 0. The summed E-state index contributed by atoms with van der Waals surface area (Å²) in [6.45, 7) is 2.75. The second kappa shape index (κ2) is 7.46. The Morgan fingerprint density at radius 1 is 1.30 bits per heavy atom. The molecule has 1 aromatic carbocycles. The summed E-state index contributed by atoms with van der Waals surface area (Å²) in [7, 11) is 1.35. The number of hydrogen-bond donors (Lipinski definition) is 2. The molecule has 2 rings (SSSR count). The Balaban J connectivity index is 1.94. The lowest BCUT2D eigenvalue weighted by Gasteiger charge is -2.17. The minimum atomic E-state index is -0.736. The van der Waals surface area contributed by atoms with Gasteiger partial charge in [-0.25, -0.2) is 0 Å². The van der Waals surface area contributed by atoms with Crippen LogP contribution in [0.1, 0.15) is 25.3 Å². The molecule has 1 amide bonds. The highest BCUT2D eigenvalue weighted by atomic mass is 16.5. The van der Waals surface area contributed by atoms with Gasteiger partial charge in [0.05, 0.1) is 25.2 Å². The molecule has 0 heterocycles. The summed E-state index contributed by atoms with van der Waals surface area (Å²) < 4.78 is 10.2. The van der Waals surface area contributed by atoms with Crippen molar-refractivity contribution in [2.75, 3.05) is 20.3 Å². The van der Waals surface area contributed by atoms with Crippen LogP contribution in [0.2, 0.25) is 0 Å². The van der Waals surface area contributed by atoms with Gasteiger partial charge in [0.25, 0.3) is 0 Å². The minimum absolute atomic E-state index is 0.196. The average Bonchev–Trinajstić information content (AvgIpc) is 3.31. The first-order chi connectivity index (χ1) is 11.0. The van der Waals surface area contributed by atoms with Crippen LogP contribution in [0, 0.1) is 5.92 Å². The van der Waals surface area contributed by atoms with Gasteiger partial charge in [-0.3, -0.25) is 9.59 Å². The second-order valence-corrected chi connectivity index (χ2v) is 5.87. The standard InChI is InChI=1S/C17H24N2O4/c1-3-23-14-6-4-12(5-7-14)10-13(15(20)22-2)11-19-16(21)17(18)8-9-17/h4-7,13H,3,8-11,18H2,1-2H3,(H,19,21). The van der Waals surface area contributed by atoms with Crippen LogP contribution in [0.25, 0.3) is 0 Å². The first kappa shape index (κ1) is 17.3. The molecule has 126 valence electrons. The predicted octanol–water partition coefficient (Wildman–Crippen LogP) is 1.02. The predicted molar refractivity (Wildman–Crippen MR) is 86.0 cm³/mol. The number of nitrogens with two attached hydrogens (primary N) is 1. The molecule has 1 saturated carbocycles. The van der Waals surface area contributed by atoms with Crippen LogP contribution in [-0.4, -0.2) is 37.7 Å². The third kappa shape index (κ3) is 4.69. The molecule has 0 bridgehead atoms. The monoisotopic (exact) mass is 320 g/mol. The summed E-state index contributed by atoms with van der Waals surface area (Å²) in [5, 5.41) is 2.76. The van der Waals surface area contributed by atoms with E-state index in [-0.39, 0.29) is 18.4 Å². The van der Waals surface area contributed by atoms with E-state index in [2.05, 4.69) is 5.32 Å². The Morgan fingerprint density at radius 2 is 1.96 bits per heavy atom. The van der Waals surface area contributed by atoms with Crippen LogP contribution >= 0.6 is 0 Å². The van der Waals surface area contributed by atoms with Crippen LogP contribution in [0.4, 0.5) is 0 Å². The SMILES string of the molecule is CCOc1ccc(CC(CNC(=O)C2(N)CC2)C(=O)OC)cc1. The highest BCUT2D eigenvalue weighted by molar-refractivity contribution is 5.89. The van der Waals surface area contributed by atoms with Crippen molar-refractivity contribution >= 4 is 11.9 Å². The van der Waals surface area contributed by atoms with Crippen molar-refractivity contribution in [1.29, 1.82) is 0 Å². The number of methoxy groups -OCH3 is 1. The van der Waals surface area contributed by atoms with Crippen LogP contribution < -0.4 is 15.8 Å². The van der Waals surface area contributed by atoms with Crippen molar-refractivity contribution in [2.24, 2.45) is 11.7 Å². The Bertz CT molecular complexity index is 552. The number of benzene rings is 1. The van der Waals surface area contributed by atoms with Crippen molar-refractivity contribution in [3.8, 4) is 5.75 Å². The first-order valence-electron chi connectivity index (χ1n) is 7.85. The topological polar surface area (TPSA) is 90.6 Å². The number of carbonyl (C=O) groups excluding carboxylic acids is 2. The minimum Gasteiger partial charge on any atom is -0.494 e. The van der Waals surface area contributed by atoms with Crippen LogP contribution in [0.3, 0.4) is 0 Å². The Labute approximate surface area is 136 Å². The lowest BCUT2D eigenvalue weighted by Crippen LogP contribution is -2.45. The average molecular weight is 320 g/mol. The number of hydrogen-bond acceptors (Lipinski definition) is 5. The molecule has 6 heteroatoms. The summed E-state index contributed by atoms with van der Waals surface area (Å²) in [6.07, 6.45) is 1.87. The van der Waals surface area contributed by atoms with E-state index < -0.39 is 11.5 Å². The van der Waals surface area contributed by atoms with Gasteiger partial charge < -0.3 is 20.5 Å². The van der Waals surface area contributed by atoms with E-state index >= 15 is 0 Å². The molecule has 1 aromatic rings. The fourth-order valence-electron chi connectivity index (χ4n) is 2.33. The van der Waals surface area contributed by atoms with Gasteiger partial charge in [-0.1, -0.05) is 12.1 Å². The van der Waals surface area contributed by atoms with E-state index in [0.29, 0.717) is 25.9 Å². The lowest BCUT2D eigenvalue weighted by molar-refractivity contribution is -0.145. The summed E-state index contributed by atoms with van der Waals surface area (Å²) in [4.78, 5) is 23.8. The van der Waals surface area contributed by atoms with Gasteiger partial charge in [-0.05, 0) is 43.9 Å². The normalized spacial score (nSPS) is 16.3. The zero-order valence-corrected chi connectivity index (χ0v) is 13.6. The molecule has 1 fully saturated rings. The van der Waals surface area contributed by atoms with Crippen LogP contribution in [-0.2, 0) is 20.7 Å². The fraction of sp³-hybridized carbons (Fsp3) is 0.529.